The summed E-state index contributed by atoms with van der Waals surface area (Å²) in [5, 5.41) is 3.71. The van der Waals surface area contributed by atoms with Crippen molar-refractivity contribution in [3.8, 4) is 0 Å². The molecule has 0 saturated heterocycles. The molecule has 1 saturated carbocycles. The molecule has 1 aliphatic carbocycles. The second-order valence-corrected chi connectivity index (χ2v) is 5.88. The average Bonchev–Trinajstić information content (AvgIpc) is 2.63. The molecule has 2 rings (SSSR count). The molecule has 1 unspecified atom stereocenters. The fraction of sp³-hybridized carbons (Fsp3) is 0.750. The summed E-state index contributed by atoms with van der Waals surface area (Å²) in [7, 11) is 0. The normalized spacial score (nSPS) is 21.5. The van der Waals surface area contributed by atoms with Crippen LogP contribution in [-0.4, -0.2) is 6.04 Å². The minimum absolute atomic E-state index is 0.317. The fourth-order valence-electron chi connectivity index (χ4n) is 3.11. The van der Waals surface area contributed by atoms with E-state index in [-0.39, 0.29) is 0 Å². The number of nitrogens with one attached hydrogen (secondary N) is 1. The van der Waals surface area contributed by atoms with Crippen molar-refractivity contribution in [3.63, 3.8) is 0 Å². The molecule has 1 aromatic heterocycles. The fourth-order valence-corrected chi connectivity index (χ4v) is 3.11. The topological polar surface area (TPSA) is 25.2 Å². The second-order valence-electron chi connectivity index (χ2n) is 5.88. The molecule has 1 heterocycles. The summed E-state index contributed by atoms with van der Waals surface area (Å²) >= 11 is 0. The van der Waals surface area contributed by atoms with Gasteiger partial charge in [-0.3, -0.25) is 0 Å². The standard InChI is InChI=1S/C16H27NO/c1-12-10-11-16(18-12)14(3)17-13(2)15-8-6-4-5-7-9-15/h10-11,13-15,17H,4-9H2,1-3H3/t13-,14?/m0/s1. The summed E-state index contributed by atoms with van der Waals surface area (Å²) in [5.41, 5.74) is 0. The monoisotopic (exact) mass is 249 g/mol. The molecule has 0 spiro atoms. The molecule has 0 aliphatic heterocycles. The van der Waals surface area contributed by atoms with E-state index in [1.807, 2.05) is 13.0 Å². The minimum Gasteiger partial charge on any atom is -0.465 e. The predicted molar refractivity (Wildman–Crippen MR) is 75.6 cm³/mol. The molecule has 0 bridgehead atoms. The first kappa shape index (κ1) is 13.7. The third-order valence-corrected chi connectivity index (χ3v) is 4.31. The van der Waals surface area contributed by atoms with Gasteiger partial charge in [0.05, 0.1) is 6.04 Å². The SMILES string of the molecule is Cc1ccc(C(C)N[C@@H](C)C2CCCCCC2)o1. The van der Waals surface area contributed by atoms with E-state index in [9.17, 15) is 0 Å². The molecule has 0 amide bonds. The zero-order valence-corrected chi connectivity index (χ0v) is 12.0. The van der Waals surface area contributed by atoms with Crippen molar-refractivity contribution in [2.24, 2.45) is 5.92 Å². The van der Waals surface area contributed by atoms with Crippen molar-refractivity contribution in [1.29, 1.82) is 0 Å². The molecule has 1 fully saturated rings. The van der Waals surface area contributed by atoms with E-state index < -0.39 is 0 Å². The molecule has 0 radical (unpaired) electrons. The molecule has 2 nitrogen and oxygen atoms in total. The molecule has 1 N–H and O–H groups in total. The first-order valence-electron chi connectivity index (χ1n) is 7.49. The first-order valence-corrected chi connectivity index (χ1v) is 7.49. The van der Waals surface area contributed by atoms with Gasteiger partial charge in [0.1, 0.15) is 11.5 Å². The molecule has 1 aliphatic rings. The van der Waals surface area contributed by atoms with Gasteiger partial charge in [-0.15, -0.1) is 0 Å². The van der Waals surface area contributed by atoms with Gasteiger partial charge in [0, 0.05) is 6.04 Å². The summed E-state index contributed by atoms with van der Waals surface area (Å²) in [6.07, 6.45) is 8.44. The van der Waals surface area contributed by atoms with E-state index in [0.717, 1.165) is 17.4 Å². The third-order valence-electron chi connectivity index (χ3n) is 4.31. The Kier molecular flexibility index (Phi) is 4.87. The highest BCUT2D eigenvalue weighted by Crippen LogP contribution is 2.27. The lowest BCUT2D eigenvalue weighted by molar-refractivity contribution is 0.298. The van der Waals surface area contributed by atoms with Gasteiger partial charge in [-0.05, 0) is 51.7 Å². The van der Waals surface area contributed by atoms with Crippen LogP contribution in [0.1, 0.15) is 69.9 Å². The number of furan rings is 1. The van der Waals surface area contributed by atoms with Crippen molar-refractivity contribution in [3.05, 3.63) is 23.7 Å². The van der Waals surface area contributed by atoms with E-state index in [1.54, 1.807) is 0 Å². The highest BCUT2D eigenvalue weighted by molar-refractivity contribution is 5.09. The van der Waals surface area contributed by atoms with Crippen LogP contribution in [0.25, 0.3) is 0 Å². The van der Waals surface area contributed by atoms with Gasteiger partial charge in [-0.2, -0.15) is 0 Å². The van der Waals surface area contributed by atoms with Crippen molar-refractivity contribution < 1.29 is 4.42 Å². The zero-order valence-electron chi connectivity index (χ0n) is 12.0. The summed E-state index contributed by atoms with van der Waals surface area (Å²) < 4.78 is 5.70. The number of rotatable bonds is 4. The van der Waals surface area contributed by atoms with Crippen LogP contribution in [0.4, 0.5) is 0 Å². The van der Waals surface area contributed by atoms with Gasteiger partial charge in [0.15, 0.2) is 0 Å². The van der Waals surface area contributed by atoms with Crippen LogP contribution in [0.3, 0.4) is 0 Å². The minimum atomic E-state index is 0.317. The van der Waals surface area contributed by atoms with Gasteiger partial charge < -0.3 is 9.73 Å². The summed E-state index contributed by atoms with van der Waals surface area (Å²) in [6, 6.07) is 5.04. The van der Waals surface area contributed by atoms with Crippen LogP contribution in [0.15, 0.2) is 16.5 Å². The lowest BCUT2D eigenvalue weighted by Crippen LogP contribution is -2.35. The molecular weight excluding hydrogens is 222 g/mol. The van der Waals surface area contributed by atoms with Crippen molar-refractivity contribution >= 4 is 0 Å². The Morgan fingerprint density at radius 2 is 1.78 bits per heavy atom. The smallest absolute Gasteiger partial charge is 0.120 e. The maximum Gasteiger partial charge on any atom is 0.120 e. The molecule has 1 aromatic rings. The van der Waals surface area contributed by atoms with Gasteiger partial charge in [0.25, 0.3) is 0 Å². The molecule has 2 heteroatoms. The van der Waals surface area contributed by atoms with Crippen LogP contribution in [-0.2, 0) is 0 Å². The number of hydrogen-bond donors (Lipinski definition) is 1. The molecule has 102 valence electrons. The highest BCUT2D eigenvalue weighted by atomic mass is 16.3. The van der Waals surface area contributed by atoms with Crippen molar-refractivity contribution in [2.75, 3.05) is 0 Å². The van der Waals surface area contributed by atoms with Crippen LogP contribution in [0, 0.1) is 12.8 Å². The Morgan fingerprint density at radius 1 is 1.11 bits per heavy atom. The summed E-state index contributed by atoms with van der Waals surface area (Å²) in [6.45, 7) is 6.54. The zero-order chi connectivity index (χ0) is 13.0. The third kappa shape index (κ3) is 3.61. The molecule has 2 atom stereocenters. The average molecular weight is 249 g/mol. The Balaban J connectivity index is 1.87. The molecule has 0 aromatic carbocycles. The van der Waals surface area contributed by atoms with Gasteiger partial charge in [0.2, 0.25) is 0 Å². The number of aryl methyl sites for hydroxylation is 1. The first-order chi connectivity index (χ1) is 8.66. The van der Waals surface area contributed by atoms with Crippen molar-refractivity contribution in [1.82, 2.24) is 5.32 Å². The molecular formula is C16H27NO. The lowest BCUT2D eigenvalue weighted by Gasteiger charge is -2.26. The van der Waals surface area contributed by atoms with E-state index in [1.165, 1.54) is 38.5 Å². The van der Waals surface area contributed by atoms with Crippen LogP contribution in [0.2, 0.25) is 0 Å². The predicted octanol–water partition coefficient (Wildman–Crippen LogP) is 4.60. The van der Waals surface area contributed by atoms with E-state index in [0.29, 0.717) is 12.1 Å². The quantitative estimate of drug-likeness (QED) is 0.789. The lowest BCUT2D eigenvalue weighted by atomic mass is 9.92. The maximum absolute atomic E-state index is 5.70. The van der Waals surface area contributed by atoms with E-state index >= 15 is 0 Å². The van der Waals surface area contributed by atoms with Gasteiger partial charge in [-0.25, -0.2) is 0 Å². The number of hydrogen-bond acceptors (Lipinski definition) is 2. The summed E-state index contributed by atoms with van der Waals surface area (Å²) in [4.78, 5) is 0. The van der Waals surface area contributed by atoms with E-state index in [2.05, 4.69) is 25.2 Å². The Labute approximate surface area is 111 Å². The highest BCUT2D eigenvalue weighted by Gasteiger charge is 2.21. The maximum atomic E-state index is 5.70. The van der Waals surface area contributed by atoms with E-state index in [4.69, 9.17) is 4.42 Å². The van der Waals surface area contributed by atoms with Gasteiger partial charge >= 0.3 is 0 Å². The van der Waals surface area contributed by atoms with Gasteiger partial charge in [-0.1, -0.05) is 25.7 Å². The Bertz CT molecular complexity index is 350. The van der Waals surface area contributed by atoms with Crippen LogP contribution in [0.5, 0.6) is 0 Å². The largest absolute Gasteiger partial charge is 0.465 e. The van der Waals surface area contributed by atoms with Crippen molar-refractivity contribution in [2.45, 2.75) is 71.4 Å². The Hall–Kier alpha value is -0.760. The molecule has 18 heavy (non-hydrogen) atoms. The Morgan fingerprint density at radius 3 is 2.33 bits per heavy atom. The van der Waals surface area contributed by atoms with Crippen LogP contribution >= 0.6 is 0 Å². The van der Waals surface area contributed by atoms with Crippen LogP contribution < -0.4 is 5.32 Å². The summed E-state index contributed by atoms with van der Waals surface area (Å²) in [5.74, 6) is 2.90. The second kappa shape index (κ2) is 6.42.